The summed E-state index contributed by atoms with van der Waals surface area (Å²) in [5.74, 6) is -18.7. The van der Waals surface area contributed by atoms with Crippen molar-refractivity contribution in [3.63, 3.8) is 0 Å². The number of alkyl halides is 7. The summed E-state index contributed by atoms with van der Waals surface area (Å²) < 4.78 is 124. The number of carbonyl (C=O) groups excluding carboxylic acids is 2. The van der Waals surface area contributed by atoms with Crippen LogP contribution in [0.15, 0.2) is 0 Å². The molecule has 0 heterocycles. The van der Waals surface area contributed by atoms with E-state index in [0.29, 0.717) is 25.7 Å². The molecule has 0 aliphatic carbocycles. The van der Waals surface area contributed by atoms with Gasteiger partial charge in [-0.1, -0.05) is 33.1 Å². The molecule has 32 heavy (non-hydrogen) atoms. The zero-order valence-electron chi connectivity index (χ0n) is 17.5. The molecule has 0 aromatic carbocycles. The Morgan fingerprint density at radius 2 is 1.56 bits per heavy atom. The van der Waals surface area contributed by atoms with Crippen LogP contribution in [0, 0.1) is 5.92 Å². The summed E-state index contributed by atoms with van der Waals surface area (Å²) in [5, 5.41) is 10.9. The minimum Gasteiger partial charge on any atom is -0.550 e. The van der Waals surface area contributed by atoms with E-state index in [1.165, 1.54) is 0 Å². The number of carbonyl (C=O) groups is 2. The van der Waals surface area contributed by atoms with E-state index in [9.17, 15) is 58.4 Å². The summed E-state index contributed by atoms with van der Waals surface area (Å²) in [4.78, 5) is 23.2. The average Bonchev–Trinajstić information content (AvgIpc) is 2.58. The third-order valence-electron chi connectivity index (χ3n) is 4.61. The minimum atomic E-state index is -6.89. The number of carboxylic acid groups (broad SMARTS) is 1. The molecule has 0 aromatic rings. The topological polar surface area (TPSA) is 121 Å². The first-order valence-electron chi connectivity index (χ1n) is 8.95. The molecule has 2 atom stereocenters. The number of rotatable bonds is 13. The second-order valence-electron chi connectivity index (χ2n) is 6.99. The van der Waals surface area contributed by atoms with E-state index < -0.39 is 70.2 Å². The molecule has 0 aliphatic heterocycles. The number of aliphatic carboxylic acids is 1. The Kier molecular flexibility index (Phi) is 12.8. The molecule has 0 saturated heterocycles. The molecule has 0 fully saturated rings. The fraction of sp³-hybridized carbons (Fsp3) is 0.875. The van der Waals surface area contributed by atoms with Crippen LogP contribution in [0.3, 0.4) is 0 Å². The number of esters is 1. The molecule has 2 unspecified atom stereocenters. The SMILES string of the molecule is CCCCC(CC)COC(=O)C(CC(=O)[O-])(CC(F)(F)C(F)(F)C(F)(F)F)S(=O)(=O)O.[Na+]. The molecular formula is C16H22F7NaO7S. The second kappa shape index (κ2) is 12.2. The number of hydrogen-bond donors (Lipinski definition) is 1. The molecule has 16 heteroatoms. The monoisotopic (exact) mass is 514 g/mol. The van der Waals surface area contributed by atoms with Gasteiger partial charge in [0, 0.05) is 12.4 Å². The number of carboxylic acids is 1. The van der Waals surface area contributed by atoms with Gasteiger partial charge in [0.15, 0.2) is 0 Å². The molecule has 0 rings (SSSR count). The van der Waals surface area contributed by atoms with Gasteiger partial charge in [0.25, 0.3) is 10.1 Å². The van der Waals surface area contributed by atoms with Crippen molar-refractivity contribution in [3.05, 3.63) is 0 Å². The van der Waals surface area contributed by atoms with E-state index >= 15 is 0 Å². The smallest absolute Gasteiger partial charge is 0.550 e. The molecular weight excluding hydrogens is 492 g/mol. The Hall–Kier alpha value is -0.640. The number of ether oxygens (including phenoxy) is 1. The van der Waals surface area contributed by atoms with Crippen LogP contribution in [0.2, 0.25) is 0 Å². The Labute approximate surface area is 202 Å². The van der Waals surface area contributed by atoms with Gasteiger partial charge in [0.05, 0.1) is 13.0 Å². The van der Waals surface area contributed by atoms with Crippen LogP contribution in [-0.2, 0) is 24.4 Å². The van der Waals surface area contributed by atoms with Crippen LogP contribution < -0.4 is 34.7 Å². The van der Waals surface area contributed by atoms with Crippen molar-refractivity contribution < 1.29 is 92.7 Å². The molecule has 0 amide bonds. The van der Waals surface area contributed by atoms with Crippen LogP contribution in [0.1, 0.15) is 52.4 Å². The first-order valence-corrected chi connectivity index (χ1v) is 10.4. The third-order valence-corrected chi connectivity index (χ3v) is 6.05. The quantitative estimate of drug-likeness (QED) is 0.156. The summed E-state index contributed by atoms with van der Waals surface area (Å²) in [6, 6.07) is 0. The maximum Gasteiger partial charge on any atom is 1.00 e. The Morgan fingerprint density at radius 1 is 1.06 bits per heavy atom. The summed E-state index contributed by atoms with van der Waals surface area (Å²) in [6.45, 7) is 2.72. The van der Waals surface area contributed by atoms with Crippen molar-refractivity contribution in [1.29, 1.82) is 0 Å². The van der Waals surface area contributed by atoms with Gasteiger partial charge in [-0.3, -0.25) is 9.35 Å². The molecule has 0 aliphatic rings. The fourth-order valence-electron chi connectivity index (χ4n) is 2.63. The van der Waals surface area contributed by atoms with E-state index in [2.05, 4.69) is 4.74 Å². The number of halogens is 7. The molecule has 0 radical (unpaired) electrons. The van der Waals surface area contributed by atoms with Gasteiger partial charge in [-0.2, -0.15) is 39.2 Å². The van der Waals surface area contributed by atoms with Crippen LogP contribution >= 0.6 is 0 Å². The number of hydrogen-bond acceptors (Lipinski definition) is 6. The molecule has 0 bridgehead atoms. The first-order chi connectivity index (χ1) is 13.8. The zero-order valence-corrected chi connectivity index (χ0v) is 20.3. The molecule has 0 aromatic heterocycles. The van der Waals surface area contributed by atoms with E-state index in [-0.39, 0.29) is 29.6 Å². The predicted octanol–water partition coefficient (Wildman–Crippen LogP) is -0.260. The standard InChI is InChI=1S/C16H23F7O7S.Na/c1-3-5-6-10(4-2)8-30-12(26)13(7-11(24)25,31(27,28)29)9-14(17,18)15(19,20)16(21,22)23;/h10H,3-9H2,1-2H3,(H,24,25)(H,27,28,29);/q;+1/p-1. The largest absolute Gasteiger partial charge is 1.00 e. The maximum atomic E-state index is 13.9. The first kappa shape index (κ1) is 33.5. The summed E-state index contributed by atoms with van der Waals surface area (Å²) in [5.41, 5.74) is 0. The average molecular weight is 514 g/mol. The van der Waals surface area contributed by atoms with Crippen molar-refractivity contribution in [2.24, 2.45) is 5.92 Å². The van der Waals surface area contributed by atoms with Gasteiger partial charge in [0.1, 0.15) is 0 Å². The van der Waals surface area contributed by atoms with Gasteiger partial charge in [-0.25, -0.2) is 0 Å². The predicted molar refractivity (Wildman–Crippen MR) is 88.7 cm³/mol. The molecule has 0 saturated carbocycles. The van der Waals surface area contributed by atoms with Crippen molar-refractivity contribution in [3.8, 4) is 0 Å². The summed E-state index contributed by atoms with van der Waals surface area (Å²) in [6.07, 6.45) is -10.5. The van der Waals surface area contributed by atoms with Gasteiger partial charge in [-0.15, -0.1) is 0 Å². The maximum absolute atomic E-state index is 13.9. The van der Waals surface area contributed by atoms with Crippen LogP contribution in [-0.4, -0.2) is 54.3 Å². The van der Waals surface area contributed by atoms with Gasteiger partial charge >= 0.3 is 53.5 Å². The molecule has 7 nitrogen and oxygen atoms in total. The Balaban J connectivity index is 0. The second-order valence-corrected chi connectivity index (χ2v) is 8.72. The van der Waals surface area contributed by atoms with Crippen molar-refractivity contribution in [2.75, 3.05) is 6.61 Å². The van der Waals surface area contributed by atoms with Crippen molar-refractivity contribution >= 4 is 22.1 Å². The van der Waals surface area contributed by atoms with Gasteiger partial charge in [-0.05, 0) is 12.3 Å². The Bertz CT molecular complexity index is 744. The molecule has 184 valence electrons. The zero-order chi connectivity index (χ0) is 24.9. The van der Waals surface area contributed by atoms with Crippen LogP contribution in [0.4, 0.5) is 30.7 Å². The van der Waals surface area contributed by atoms with Gasteiger partial charge in [0.2, 0.25) is 4.75 Å². The van der Waals surface area contributed by atoms with Gasteiger partial charge < -0.3 is 14.6 Å². The Morgan fingerprint density at radius 3 is 1.91 bits per heavy atom. The summed E-state index contributed by atoms with van der Waals surface area (Å²) >= 11 is 0. The minimum absolute atomic E-state index is 0. The van der Waals surface area contributed by atoms with E-state index in [0.717, 1.165) is 0 Å². The van der Waals surface area contributed by atoms with Crippen LogP contribution in [0.5, 0.6) is 0 Å². The summed E-state index contributed by atoms with van der Waals surface area (Å²) in [7, 11) is -6.31. The van der Waals surface area contributed by atoms with Crippen molar-refractivity contribution in [2.45, 2.75) is 75.1 Å². The number of unbranched alkanes of at least 4 members (excludes halogenated alkanes) is 1. The van der Waals surface area contributed by atoms with E-state index in [4.69, 9.17) is 0 Å². The van der Waals surface area contributed by atoms with E-state index in [1.807, 2.05) is 0 Å². The van der Waals surface area contributed by atoms with E-state index in [1.54, 1.807) is 13.8 Å². The normalized spacial score (nSPS) is 15.9. The molecule has 1 N–H and O–H groups in total. The third kappa shape index (κ3) is 7.99. The van der Waals surface area contributed by atoms with Crippen LogP contribution in [0.25, 0.3) is 0 Å². The molecule has 0 spiro atoms. The fourth-order valence-corrected chi connectivity index (χ4v) is 3.56. The van der Waals surface area contributed by atoms with Crippen molar-refractivity contribution in [1.82, 2.24) is 0 Å².